The molecule has 3 aromatic rings. The molecule has 0 saturated carbocycles. The number of amides is 1. The molecule has 0 N–H and O–H groups in total. The Kier molecular flexibility index (Phi) is 5.11. The molecule has 4 nitrogen and oxygen atoms in total. The zero-order valence-electron chi connectivity index (χ0n) is 16.4. The van der Waals surface area contributed by atoms with Gasteiger partial charge in [-0.1, -0.05) is 48.5 Å². The third-order valence-electron chi connectivity index (χ3n) is 5.36. The number of fused-ring (bicyclic) bond motifs is 1. The SMILES string of the molecule is CCN(Cc1ccccc1)c1cncc(C(=O)N2c3ccccc3CC2C)c1. The molecule has 0 spiro atoms. The second-order valence-electron chi connectivity index (χ2n) is 7.29. The molecule has 0 aliphatic carbocycles. The number of benzene rings is 2. The van der Waals surface area contributed by atoms with Crippen LogP contribution in [-0.4, -0.2) is 23.5 Å². The van der Waals surface area contributed by atoms with E-state index in [2.05, 4.69) is 41.9 Å². The Labute approximate surface area is 166 Å². The van der Waals surface area contributed by atoms with Gasteiger partial charge in [-0.25, -0.2) is 0 Å². The van der Waals surface area contributed by atoms with E-state index in [9.17, 15) is 4.79 Å². The Morgan fingerprint density at radius 2 is 1.86 bits per heavy atom. The summed E-state index contributed by atoms with van der Waals surface area (Å²) >= 11 is 0. The van der Waals surface area contributed by atoms with Crippen molar-refractivity contribution in [2.45, 2.75) is 32.9 Å². The lowest BCUT2D eigenvalue weighted by Crippen LogP contribution is -2.36. The fourth-order valence-corrected chi connectivity index (χ4v) is 3.92. The van der Waals surface area contributed by atoms with Crippen molar-refractivity contribution in [3.8, 4) is 0 Å². The normalized spacial score (nSPS) is 15.4. The van der Waals surface area contributed by atoms with Gasteiger partial charge in [-0.2, -0.15) is 0 Å². The van der Waals surface area contributed by atoms with E-state index >= 15 is 0 Å². The second kappa shape index (κ2) is 7.85. The Hall–Kier alpha value is -3.14. The van der Waals surface area contributed by atoms with Crippen LogP contribution in [0.5, 0.6) is 0 Å². The van der Waals surface area contributed by atoms with E-state index in [0.29, 0.717) is 5.56 Å². The summed E-state index contributed by atoms with van der Waals surface area (Å²) in [5, 5.41) is 0. The minimum Gasteiger partial charge on any atom is -0.366 e. The van der Waals surface area contributed by atoms with Gasteiger partial charge in [0.1, 0.15) is 0 Å². The van der Waals surface area contributed by atoms with Crippen LogP contribution < -0.4 is 9.80 Å². The fourth-order valence-electron chi connectivity index (χ4n) is 3.92. The lowest BCUT2D eigenvalue weighted by atomic mass is 10.1. The van der Waals surface area contributed by atoms with Gasteiger partial charge in [0.2, 0.25) is 0 Å². The minimum atomic E-state index is 0.0163. The first-order valence-electron chi connectivity index (χ1n) is 9.82. The lowest BCUT2D eigenvalue weighted by molar-refractivity contribution is 0.0981. The first-order valence-corrected chi connectivity index (χ1v) is 9.82. The zero-order valence-corrected chi connectivity index (χ0v) is 16.4. The summed E-state index contributed by atoms with van der Waals surface area (Å²) in [6.45, 7) is 5.86. The molecule has 28 heavy (non-hydrogen) atoms. The average Bonchev–Trinajstić information content (AvgIpc) is 3.08. The zero-order chi connectivity index (χ0) is 19.5. The molecule has 0 bridgehead atoms. The molecule has 1 atom stereocenters. The highest BCUT2D eigenvalue weighted by molar-refractivity contribution is 6.08. The van der Waals surface area contributed by atoms with Crippen molar-refractivity contribution in [1.82, 2.24) is 4.98 Å². The third-order valence-corrected chi connectivity index (χ3v) is 5.36. The highest BCUT2D eigenvalue weighted by Gasteiger charge is 2.31. The van der Waals surface area contributed by atoms with Crippen molar-refractivity contribution in [2.75, 3.05) is 16.3 Å². The molecule has 142 valence electrons. The van der Waals surface area contributed by atoms with Crippen LogP contribution >= 0.6 is 0 Å². The maximum Gasteiger partial charge on any atom is 0.260 e. The van der Waals surface area contributed by atoms with Crippen molar-refractivity contribution >= 4 is 17.3 Å². The van der Waals surface area contributed by atoms with Gasteiger partial charge < -0.3 is 9.80 Å². The molecule has 0 radical (unpaired) electrons. The number of anilines is 2. The Balaban J connectivity index is 1.60. The molecule has 4 rings (SSSR count). The Bertz CT molecular complexity index is 970. The highest BCUT2D eigenvalue weighted by Crippen LogP contribution is 2.33. The van der Waals surface area contributed by atoms with Crippen molar-refractivity contribution in [3.05, 3.63) is 89.7 Å². The summed E-state index contributed by atoms with van der Waals surface area (Å²) in [5.74, 6) is 0.0163. The third kappa shape index (κ3) is 3.50. The number of hydrogen-bond acceptors (Lipinski definition) is 3. The van der Waals surface area contributed by atoms with Crippen LogP contribution in [0.25, 0.3) is 0 Å². The number of para-hydroxylation sites is 1. The Morgan fingerprint density at radius 1 is 1.11 bits per heavy atom. The number of carbonyl (C=O) groups is 1. The number of rotatable bonds is 5. The maximum atomic E-state index is 13.3. The molecule has 2 heterocycles. The molecule has 0 saturated heterocycles. The second-order valence-corrected chi connectivity index (χ2v) is 7.29. The summed E-state index contributed by atoms with van der Waals surface area (Å²) in [6.07, 6.45) is 4.41. The monoisotopic (exact) mass is 371 g/mol. The molecular formula is C24H25N3O. The van der Waals surface area contributed by atoms with Gasteiger partial charge in [0.05, 0.1) is 17.4 Å². The van der Waals surface area contributed by atoms with E-state index in [1.54, 1.807) is 6.20 Å². The quantitative estimate of drug-likeness (QED) is 0.652. The highest BCUT2D eigenvalue weighted by atomic mass is 16.2. The first-order chi connectivity index (χ1) is 13.7. The first kappa shape index (κ1) is 18.2. The molecule has 2 aromatic carbocycles. The predicted molar refractivity (Wildman–Crippen MR) is 114 cm³/mol. The number of nitrogens with zero attached hydrogens (tertiary/aromatic N) is 3. The van der Waals surface area contributed by atoms with Crippen molar-refractivity contribution in [3.63, 3.8) is 0 Å². The van der Waals surface area contributed by atoms with E-state index in [4.69, 9.17) is 0 Å². The summed E-state index contributed by atoms with van der Waals surface area (Å²) in [5.41, 5.74) is 5.09. The van der Waals surface area contributed by atoms with Crippen molar-refractivity contribution in [1.29, 1.82) is 0 Å². The summed E-state index contributed by atoms with van der Waals surface area (Å²) in [6, 6.07) is 20.6. The topological polar surface area (TPSA) is 36.4 Å². The largest absolute Gasteiger partial charge is 0.366 e. The van der Waals surface area contributed by atoms with E-state index in [0.717, 1.165) is 30.9 Å². The van der Waals surface area contributed by atoms with Crippen molar-refractivity contribution in [2.24, 2.45) is 0 Å². The maximum absolute atomic E-state index is 13.3. The van der Waals surface area contributed by atoms with Gasteiger partial charge in [0, 0.05) is 31.0 Å². The van der Waals surface area contributed by atoms with Gasteiger partial charge in [-0.3, -0.25) is 9.78 Å². The van der Waals surface area contributed by atoms with Gasteiger partial charge in [0.15, 0.2) is 0 Å². The number of carbonyl (C=O) groups excluding carboxylic acids is 1. The van der Waals surface area contributed by atoms with Crippen LogP contribution in [-0.2, 0) is 13.0 Å². The minimum absolute atomic E-state index is 0.0163. The molecule has 4 heteroatoms. The fraction of sp³-hybridized carbons (Fsp3) is 0.250. The van der Waals surface area contributed by atoms with E-state index in [1.165, 1.54) is 11.1 Å². The van der Waals surface area contributed by atoms with Crippen LogP contribution in [0, 0.1) is 0 Å². The van der Waals surface area contributed by atoms with Gasteiger partial charge >= 0.3 is 0 Å². The van der Waals surface area contributed by atoms with E-state index < -0.39 is 0 Å². The van der Waals surface area contributed by atoms with Crippen LogP contribution in [0.1, 0.15) is 35.3 Å². The predicted octanol–water partition coefficient (Wildman–Crippen LogP) is 4.70. The average molecular weight is 371 g/mol. The summed E-state index contributed by atoms with van der Waals surface area (Å²) < 4.78 is 0. The van der Waals surface area contributed by atoms with Gasteiger partial charge in [-0.15, -0.1) is 0 Å². The summed E-state index contributed by atoms with van der Waals surface area (Å²) in [7, 11) is 0. The van der Waals surface area contributed by atoms with E-state index in [1.807, 2.05) is 53.6 Å². The standard InChI is InChI=1S/C24H25N3O/c1-3-26(17-19-9-5-4-6-10-19)22-14-21(15-25-16-22)24(28)27-18(2)13-20-11-7-8-12-23(20)27/h4-12,14-16,18H,3,13,17H2,1-2H3. The van der Waals surface area contributed by atoms with Crippen LogP contribution in [0.15, 0.2) is 73.1 Å². The molecule has 1 amide bonds. The lowest BCUT2D eigenvalue weighted by Gasteiger charge is -2.25. The van der Waals surface area contributed by atoms with Crippen LogP contribution in [0.3, 0.4) is 0 Å². The molecule has 1 aliphatic heterocycles. The number of hydrogen-bond donors (Lipinski definition) is 0. The molecule has 0 fully saturated rings. The van der Waals surface area contributed by atoms with E-state index in [-0.39, 0.29) is 11.9 Å². The van der Waals surface area contributed by atoms with Crippen LogP contribution in [0.4, 0.5) is 11.4 Å². The number of pyridine rings is 1. The van der Waals surface area contributed by atoms with Crippen LogP contribution in [0.2, 0.25) is 0 Å². The summed E-state index contributed by atoms with van der Waals surface area (Å²) in [4.78, 5) is 21.8. The van der Waals surface area contributed by atoms with Crippen molar-refractivity contribution < 1.29 is 4.79 Å². The number of aromatic nitrogens is 1. The molecule has 1 unspecified atom stereocenters. The molecule has 1 aliphatic rings. The smallest absolute Gasteiger partial charge is 0.260 e. The Morgan fingerprint density at radius 3 is 2.64 bits per heavy atom. The molecule has 1 aromatic heterocycles. The molecular weight excluding hydrogens is 346 g/mol. The van der Waals surface area contributed by atoms with Gasteiger partial charge in [0.25, 0.3) is 5.91 Å². The van der Waals surface area contributed by atoms with Gasteiger partial charge in [-0.05, 0) is 43.5 Å².